The number of nitrogens with one attached hydrogen (secondary N) is 2. The molecule has 1 fully saturated rings. The van der Waals surface area contributed by atoms with Gasteiger partial charge in [0.15, 0.2) is 0 Å². The van der Waals surface area contributed by atoms with Crippen molar-refractivity contribution in [2.24, 2.45) is 0 Å². The number of anilines is 2. The first-order valence-corrected chi connectivity index (χ1v) is 10.1. The molecule has 0 unspecified atom stereocenters. The van der Waals surface area contributed by atoms with Crippen molar-refractivity contribution in [3.8, 4) is 5.75 Å². The van der Waals surface area contributed by atoms with Gasteiger partial charge in [-0.2, -0.15) is 0 Å². The molecule has 6 nitrogen and oxygen atoms in total. The fourth-order valence-electron chi connectivity index (χ4n) is 3.93. The largest absolute Gasteiger partial charge is 0.573 e. The fraction of sp³-hybridized carbons (Fsp3) is 0.364. The number of imidazole rings is 1. The Morgan fingerprint density at radius 3 is 2.45 bits per heavy atom. The van der Waals surface area contributed by atoms with Crippen molar-refractivity contribution < 1.29 is 22.7 Å². The van der Waals surface area contributed by atoms with Crippen LogP contribution < -0.4 is 15.0 Å². The van der Waals surface area contributed by atoms with Crippen LogP contribution in [0.15, 0.2) is 36.4 Å². The minimum absolute atomic E-state index is 0.218. The van der Waals surface area contributed by atoms with E-state index in [1.54, 1.807) is 0 Å². The quantitative estimate of drug-likeness (QED) is 0.564. The minimum Gasteiger partial charge on any atom is -0.406 e. The van der Waals surface area contributed by atoms with Crippen LogP contribution in [0, 0.1) is 0 Å². The Morgan fingerprint density at radius 1 is 1.16 bits per heavy atom. The number of nitrogens with zero attached hydrogens (tertiary/aromatic N) is 2. The first-order valence-electron chi connectivity index (χ1n) is 10.1. The van der Waals surface area contributed by atoms with Crippen LogP contribution in [0.25, 0.3) is 11.0 Å². The van der Waals surface area contributed by atoms with Crippen LogP contribution in [-0.4, -0.2) is 36.3 Å². The molecule has 2 aromatic carbocycles. The number of carbonyl (C=O) groups excluding carboxylic acids is 1. The molecule has 0 bridgehead atoms. The Labute approximate surface area is 177 Å². The summed E-state index contributed by atoms with van der Waals surface area (Å²) in [6.45, 7) is 0. The molecule has 1 aliphatic carbocycles. The zero-order valence-corrected chi connectivity index (χ0v) is 17.2. The van der Waals surface area contributed by atoms with Crippen LogP contribution in [0.4, 0.5) is 24.5 Å². The van der Waals surface area contributed by atoms with Crippen LogP contribution >= 0.6 is 0 Å². The van der Waals surface area contributed by atoms with Gasteiger partial charge >= 0.3 is 6.36 Å². The number of aromatic amines is 1. The summed E-state index contributed by atoms with van der Waals surface area (Å²) in [6, 6.07) is 8.56. The van der Waals surface area contributed by atoms with Crippen LogP contribution in [0.3, 0.4) is 0 Å². The van der Waals surface area contributed by atoms with Crippen LogP contribution in [0.2, 0.25) is 0 Å². The predicted molar refractivity (Wildman–Crippen MR) is 113 cm³/mol. The second-order valence-corrected chi connectivity index (χ2v) is 7.91. The number of carbonyl (C=O) groups is 1. The van der Waals surface area contributed by atoms with Crippen molar-refractivity contribution in [2.45, 2.75) is 38.0 Å². The zero-order chi connectivity index (χ0) is 22.2. The number of ether oxygens (including phenoxy) is 1. The molecular formula is C22H23F3N4O2. The van der Waals surface area contributed by atoms with Crippen molar-refractivity contribution >= 4 is 28.3 Å². The number of rotatable bonds is 5. The average Bonchev–Trinajstić information content (AvgIpc) is 3.35. The van der Waals surface area contributed by atoms with Gasteiger partial charge in [0.25, 0.3) is 5.91 Å². The lowest BCUT2D eigenvalue weighted by Crippen LogP contribution is -2.18. The van der Waals surface area contributed by atoms with E-state index in [1.807, 2.05) is 31.1 Å². The van der Waals surface area contributed by atoms with Crippen molar-refractivity contribution in [3.05, 3.63) is 47.8 Å². The van der Waals surface area contributed by atoms with E-state index in [9.17, 15) is 18.0 Å². The molecule has 1 heterocycles. The molecule has 0 atom stereocenters. The van der Waals surface area contributed by atoms with Gasteiger partial charge in [-0.25, -0.2) is 4.98 Å². The maximum Gasteiger partial charge on any atom is 0.573 e. The number of benzene rings is 2. The first kappa shape index (κ1) is 21.0. The highest BCUT2D eigenvalue weighted by Crippen LogP contribution is 2.36. The highest BCUT2D eigenvalue weighted by atomic mass is 19.4. The molecule has 9 heteroatoms. The predicted octanol–water partition coefficient (Wildman–Crippen LogP) is 5.44. The SMILES string of the molecule is CN(C)c1cc2nc(C3CCCC3)[nH]c2cc1NC(=O)c1ccc(OC(F)(F)F)cc1. The molecule has 1 amide bonds. The van der Waals surface area contributed by atoms with Crippen molar-refractivity contribution in [1.82, 2.24) is 9.97 Å². The fourth-order valence-corrected chi connectivity index (χ4v) is 3.93. The van der Waals surface area contributed by atoms with Crippen LogP contribution in [0.1, 0.15) is 47.8 Å². The molecule has 1 aliphatic rings. The van der Waals surface area contributed by atoms with Gasteiger partial charge in [-0.15, -0.1) is 13.2 Å². The van der Waals surface area contributed by atoms with E-state index in [0.717, 1.165) is 47.5 Å². The standard InChI is InChI=1S/C22H23F3N4O2/c1-29(2)19-12-17-16(26-20(27-17)13-5-3-4-6-13)11-18(19)28-21(30)14-7-9-15(10-8-14)31-22(23,24)25/h7-13H,3-6H2,1-2H3,(H,26,27)(H,28,30). The Morgan fingerprint density at radius 2 is 1.84 bits per heavy atom. The average molecular weight is 432 g/mol. The Bertz CT molecular complexity index is 1080. The second-order valence-electron chi connectivity index (χ2n) is 7.91. The normalized spacial score (nSPS) is 14.7. The molecule has 4 rings (SSSR count). The van der Waals surface area contributed by atoms with E-state index in [4.69, 9.17) is 4.98 Å². The van der Waals surface area contributed by atoms with Crippen molar-refractivity contribution in [1.29, 1.82) is 0 Å². The summed E-state index contributed by atoms with van der Waals surface area (Å²) in [5, 5.41) is 2.86. The van der Waals surface area contributed by atoms with Gasteiger partial charge < -0.3 is 19.9 Å². The van der Waals surface area contributed by atoms with Gasteiger partial charge in [0.2, 0.25) is 0 Å². The summed E-state index contributed by atoms with van der Waals surface area (Å²) >= 11 is 0. The van der Waals surface area contributed by atoms with Gasteiger partial charge in [-0.1, -0.05) is 12.8 Å². The molecule has 1 saturated carbocycles. The summed E-state index contributed by atoms with van der Waals surface area (Å²) < 4.78 is 40.8. The molecular weight excluding hydrogens is 409 g/mol. The van der Waals surface area contributed by atoms with E-state index >= 15 is 0 Å². The number of aromatic nitrogens is 2. The van der Waals surface area contributed by atoms with E-state index < -0.39 is 12.3 Å². The van der Waals surface area contributed by atoms with Gasteiger partial charge in [-0.05, 0) is 49.2 Å². The van der Waals surface area contributed by atoms with Crippen molar-refractivity contribution in [3.63, 3.8) is 0 Å². The van der Waals surface area contributed by atoms with Crippen molar-refractivity contribution in [2.75, 3.05) is 24.3 Å². The molecule has 0 saturated heterocycles. The third-order valence-electron chi connectivity index (χ3n) is 5.44. The maximum absolute atomic E-state index is 12.7. The first-order chi connectivity index (χ1) is 14.7. The highest BCUT2D eigenvalue weighted by molar-refractivity contribution is 6.07. The number of halogens is 3. The molecule has 31 heavy (non-hydrogen) atoms. The topological polar surface area (TPSA) is 70.2 Å². The number of hydrogen-bond donors (Lipinski definition) is 2. The number of fused-ring (bicyclic) bond motifs is 1. The van der Waals surface area contributed by atoms with Gasteiger partial charge in [0.05, 0.1) is 22.4 Å². The number of hydrogen-bond acceptors (Lipinski definition) is 4. The molecule has 0 aliphatic heterocycles. The van der Waals surface area contributed by atoms with Gasteiger partial charge in [0.1, 0.15) is 11.6 Å². The van der Waals surface area contributed by atoms with E-state index in [0.29, 0.717) is 11.6 Å². The smallest absolute Gasteiger partial charge is 0.406 e. The third kappa shape index (κ3) is 4.76. The number of alkyl halides is 3. The third-order valence-corrected chi connectivity index (χ3v) is 5.44. The zero-order valence-electron chi connectivity index (χ0n) is 17.2. The highest BCUT2D eigenvalue weighted by Gasteiger charge is 2.31. The number of H-pyrrole nitrogens is 1. The summed E-state index contributed by atoms with van der Waals surface area (Å²) in [5.41, 5.74) is 3.24. The lowest BCUT2D eigenvalue weighted by atomic mass is 10.1. The van der Waals surface area contributed by atoms with Gasteiger partial charge in [0, 0.05) is 25.6 Å². The molecule has 3 aromatic rings. The minimum atomic E-state index is -4.78. The maximum atomic E-state index is 12.7. The molecule has 1 aromatic heterocycles. The molecule has 164 valence electrons. The lowest BCUT2D eigenvalue weighted by Gasteiger charge is -2.18. The summed E-state index contributed by atoms with van der Waals surface area (Å²) in [6.07, 6.45) is -0.116. The summed E-state index contributed by atoms with van der Waals surface area (Å²) in [4.78, 5) is 22.7. The Balaban J connectivity index is 1.58. The van der Waals surface area contributed by atoms with Gasteiger partial charge in [-0.3, -0.25) is 4.79 Å². The number of amides is 1. The molecule has 0 radical (unpaired) electrons. The monoisotopic (exact) mass is 432 g/mol. The van der Waals surface area contributed by atoms with E-state index in [1.165, 1.54) is 25.0 Å². The summed E-state index contributed by atoms with van der Waals surface area (Å²) in [5.74, 6) is 0.597. The van der Waals surface area contributed by atoms with Crippen LogP contribution in [-0.2, 0) is 0 Å². The van der Waals surface area contributed by atoms with Crippen LogP contribution in [0.5, 0.6) is 5.75 Å². The second kappa shape index (κ2) is 8.13. The molecule has 2 N–H and O–H groups in total. The summed E-state index contributed by atoms with van der Waals surface area (Å²) in [7, 11) is 3.73. The lowest BCUT2D eigenvalue weighted by molar-refractivity contribution is -0.274. The molecule has 0 spiro atoms. The van der Waals surface area contributed by atoms with E-state index in [-0.39, 0.29) is 11.3 Å². The Hall–Kier alpha value is -3.23. The Kier molecular flexibility index (Phi) is 5.51. The van der Waals surface area contributed by atoms with E-state index in [2.05, 4.69) is 15.0 Å².